The van der Waals surface area contributed by atoms with E-state index in [9.17, 15) is 13.9 Å². The lowest BCUT2D eigenvalue weighted by atomic mass is 10.2. The third-order valence-electron chi connectivity index (χ3n) is 2.88. The van der Waals surface area contributed by atoms with Gasteiger partial charge in [-0.2, -0.15) is 0 Å². The summed E-state index contributed by atoms with van der Waals surface area (Å²) in [5.41, 5.74) is -0.00990. The molecule has 6 heteroatoms. The van der Waals surface area contributed by atoms with Gasteiger partial charge < -0.3 is 15.2 Å². The third-order valence-corrected chi connectivity index (χ3v) is 3.18. The zero-order chi connectivity index (χ0) is 13.8. The van der Waals surface area contributed by atoms with Crippen LogP contribution >= 0.6 is 11.6 Å². The van der Waals surface area contributed by atoms with Gasteiger partial charge in [0.2, 0.25) is 0 Å². The number of benzene rings is 1. The van der Waals surface area contributed by atoms with Crippen molar-refractivity contribution in [3.63, 3.8) is 0 Å². The minimum atomic E-state index is -0.781. The summed E-state index contributed by atoms with van der Waals surface area (Å²) < 4.78 is 31.6. The fourth-order valence-electron chi connectivity index (χ4n) is 1.65. The van der Waals surface area contributed by atoms with Crippen LogP contribution in [0.15, 0.2) is 12.1 Å². The minimum absolute atomic E-state index is 0.00990. The van der Waals surface area contributed by atoms with Crippen molar-refractivity contribution in [1.29, 1.82) is 0 Å². The van der Waals surface area contributed by atoms with Gasteiger partial charge in [0, 0.05) is 19.2 Å². The summed E-state index contributed by atoms with van der Waals surface area (Å²) in [4.78, 5) is 0. The third kappa shape index (κ3) is 4.60. The van der Waals surface area contributed by atoms with Crippen LogP contribution in [0.2, 0.25) is 5.02 Å². The van der Waals surface area contributed by atoms with Gasteiger partial charge in [-0.1, -0.05) is 11.6 Å². The highest BCUT2D eigenvalue weighted by Gasteiger charge is 2.21. The van der Waals surface area contributed by atoms with E-state index in [0.29, 0.717) is 12.5 Å². The number of halogens is 3. The fraction of sp³-hybridized carbons (Fsp3) is 0.538. The number of hydrogen-bond donors (Lipinski definition) is 2. The Hall–Kier alpha value is -0.910. The molecule has 2 rings (SSSR count). The smallest absolute Gasteiger partial charge is 0.150 e. The van der Waals surface area contributed by atoms with Crippen molar-refractivity contribution in [3.8, 4) is 0 Å². The van der Waals surface area contributed by atoms with E-state index in [1.54, 1.807) is 0 Å². The number of aliphatic hydroxyl groups is 1. The highest BCUT2D eigenvalue weighted by Crippen LogP contribution is 2.29. The number of aliphatic hydroxyl groups excluding tert-OH is 1. The molecule has 1 fully saturated rings. The second-order valence-corrected chi connectivity index (χ2v) is 5.17. The largest absolute Gasteiger partial charge is 0.389 e. The Morgan fingerprint density at radius 3 is 2.79 bits per heavy atom. The molecule has 0 aliphatic heterocycles. The van der Waals surface area contributed by atoms with E-state index in [2.05, 4.69) is 5.32 Å². The molecule has 0 amide bonds. The first-order valence-electron chi connectivity index (χ1n) is 6.20. The summed E-state index contributed by atoms with van der Waals surface area (Å²) in [6.45, 7) is 0.930. The standard InChI is InChI=1S/C13H16ClF2NO2/c14-11-3-9(15)4-12(16)13(11)17-5-10(18)7-19-6-8-1-2-8/h3-4,8,10,17-18H,1-2,5-7H2. The van der Waals surface area contributed by atoms with Gasteiger partial charge in [-0.25, -0.2) is 8.78 Å². The molecule has 1 aromatic rings. The molecule has 0 spiro atoms. The van der Waals surface area contributed by atoms with Gasteiger partial charge in [-0.05, 0) is 24.8 Å². The summed E-state index contributed by atoms with van der Waals surface area (Å²) >= 11 is 5.72. The van der Waals surface area contributed by atoms with Gasteiger partial charge >= 0.3 is 0 Å². The molecule has 2 N–H and O–H groups in total. The predicted molar refractivity (Wildman–Crippen MR) is 69.4 cm³/mol. The number of nitrogens with one attached hydrogen (secondary N) is 1. The molecule has 0 heterocycles. The molecule has 1 aliphatic rings. The average Bonchev–Trinajstić information content (AvgIpc) is 3.11. The molecule has 0 bridgehead atoms. The second-order valence-electron chi connectivity index (χ2n) is 4.76. The van der Waals surface area contributed by atoms with Crippen molar-refractivity contribution < 1.29 is 18.6 Å². The van der Waals surface area contributed by atoms with E-state index in [-0.39, 0.29) is 23.9 Å². The molecule has 1 unspecified atom stereocenters. The van der Waals surface area contributed by atoms with E-state index in [1.807, 2.05) is 0 Å². The molecule has 1 aromatic carbocycles. The summed E-state index contributed by atoms with van der Waals surface area (Å²) in [5, 5.41) is 12.3. The molecular formula is C13H16ClF2NO2. The number of anilines is 1. The molecule has 0 aromatic heterocycles. The van der Waals surface area contributed by atoms with Crippen molar-refractivity contribution in [2.45, 2.75) is 18.9 Å². The maximum absolute atomic E-state index is 13.4. The van der Waals surface area contributed by atoms with Crippen LogP contribution < -0.4 is 5.32 Å². The summed E-state index contributed by atoms with van der Waals surface area (Å²) in [6, 6.07) is 1.76. The Morgan fingerprint density at radius 1 is 1.42 bits per heavy atom. The first kappa shape index (κ1) is 14.5. The quantitative estimate of drug-likeness (QED) is 0.812. The fourth-order valence-corrected chi connectivity index (χ4v) is 1.91. The van der Waals surface area contributed by atoms with Crippen LogP contribution in [0.5, 0.6) is 0 Å². The minimum Gasteiger partial charge on any atom is -0.389 e. The summed E-state index contributed by atoms with van der Waals surface area (Å²) in [7, 11) is 0. The Kier molecular flexibility index (Phi) is 4.96. The van der Waals surface area contributed by atoms with Gasteiger partial charge in [0.25, 0.3) is 0 Å². The van der Waals surface area contributed by atoms with E-state index in [1.165, 1.54) is 12.8 Å². The Bertz CT molecular complexity index is 418. The maximum Gasteiger partial charge on any atom is 0.150 e. The van der Waals surface area contributed by atoms with Gasteiger partial charge in [-0.15, -0.1) is 0 Å². The first-order valence-corrected chi connectivity index (χ1v) is 6.58. The molecule has 0 radical (unpaired) electrons. The lowest BCUT2D eigenvalue weighted by Crippen LogP contribution is -2.25. The van der Waals surface area contributed by atoms with Crippen molar-refractivity contribution in [3.05, 3.63) is 28.8 Å². The topological polar surface area (TPSA) is 41.5 Å². The van der Waals surface area contributed by atoms with Crippen LogP contribution in [0.25, 0.3) is 0 Å². The predicted octanol–water partition coefficient (Wildman–Crippen LogP) is 2.82. The summed E-state index contributed by atoms with van der Waals surface area (Å²) in [6.07, 6.45) is 1.61. The van der Waals surface area contributed by atoms with Crippen LogP contribution in [-0.2, 0) is 4.74 Å². The monoisotopic (exact) mass is 291 g/mol. The lowest BCUT2D eigenvalue weighted by molar-refractivity contribution is 0.0386. The van der Waals surface area contributed by atoms with Crippen LogP contribution in [0.1, 0.15) is 12.8 Å². The molecule has 106 valence electrons. The molecule has 1 atom stereocenters. The highest BCUT2D eigenvalue weighted by atomic mass is 35.5. The van der Waals surface area contributed by atoms with Crippen LogP contribution in [-0.4, -0.2) is 31.0 Å². The van der Waals surface area contributed by atoms with Crippen molar-refractivity contribution in [2.75, 3.05) is 25.1 Å². The van der Waals surface area contributed by atoms with Gasteiger partial charge in [0.05, 0.1) is 23.4 Å². The van der Waals surface area contributed by atoms with E-state index in [4.69, 9.17) is 16.3 Å². The molecule has 0 saturated heterocycles. The van der Waals surface area contributed by atoms with E-state index >= 15 is 0 Å². The second kappa shape index (κ2) is 6.50. The zero-order valence-corrected chi connectivity index (χ0v) is 11.1. The maximum atomic E-state index is 13.4. The SMILES string of the molecule is OC(CNc1c(F)cc(F)cc1Cl)COCC1CC1. The van der Waals surface area contributed by atoms with Crippen molar-refractivity contribution in [1.82, 2.24) is 0 Å². The Balaban J connectivity index is 1.77. The first-order chi connectivity index (χ1) is 9.06. The van der Waals surface area contributed by atoms with Crippen molar-refractivity contribution in [2.24, 2.45) is 5.92 Å². The van der Waals surface area contributed by atoms with Crippen LogP contribution in [0, 0.1) is 17.6 Å². The zero-order valence-electron chi connectivity index (χ0n) is 10.3. The molecule has 19 heavy (non-hydrogen) atoms. The molecule has 3 nitrogen and oxygen atoms in total. The van der Waals surface area contributed by atoms with E-state index < -0.39 is 17.7 Å². The molecular weight excluding hydrogens is 276 g/mol. The molecule has 1 saturated carbocycles. The Labute approximate surface area is 115 Å². The van der Waals surface area contributed by atoms with Crippen LogP contribution in [0.3, 0.4) is 0 Å². The van der Waals surface area contributed by atoms with Crippen LogP contribution in [0.4, 0.5) is 14.5 Å². The molecule has 1 aliphatic carbocycles. The number of hydrogen-bond acceptors (Lipinski definition) is 3. The normalized spacial score (nSPS) is 16.4. The average molecular weight is 292 g/mol. The van der Waals surface area contributed by atoms with E-state index in [0.717, 1.165) is 12.1 Å². The van der Waals surface area contributed by atoms with Gasteiger partial charge in [-0.3, -0.25) is 0 Å². The lowest BCUT2D eigenvalue weighted by Gasteiger charge is -2.14. The number of ether oxygens (including phenoxy) is 1. The highest BCUT2D eigenvalue weighted by molar-refractivity contribution is 6.33. The Morgan fingerprint density at radius 2 is 2.16 bits per heavy atom. The summed E-state index contributed by atoms with van der Waals surface area (Å²) in [5.74, 6) is -0.887. The van der Waals surface area contributed by atoms with Gasteiger partial charge in [0.1, 0.15) is 5.82 Å². The van der Waals surface area contributed by atoms with Crippen molar-refractivity contribution >= 4 is 17.3 Å². The van der Waals surface area contributed by atoms with Gasteiger partial charge in [0.15, 0.2) is 5.82 Å². The number of rotatable bonds is 7.